The molecule has 0 aromatic heterocycles. The van der Waals surface area contributed by atoms with Gasteiger partial charge < -0.3 is 20.1 Å². The Morgan fingerprint density at radius 1 is 1.02 bits per heavy atom. The molecule has 14 rings (SSSR count). The lowest BCUT2D eigenvalue weighted by atomic mass is 9.31. The fourth-order valence-corrected chi connectivity index (χ4v) is 15.7. The van der Waals surface area contributed by atoms with Crippen LogP contribution in [0.15, 0.2) is 53.0 Å². The van der Waals surface area contributed by atoms with Gasteiger partial charge in [-0.15, -0.1) is 0 Å². The second-order valence-corrected chi connectivity index (χ2v) is 20.4. The number of nitrogens with zero attached hydrogens (tertiary/aromatic N) is 2. The van der Waals surface area contributed by atoms with E-state index in [0.29, 0.717) is 36.4 Å². The van der Waals surface area contributed by atoms with E-state index in [1.807, 2.05) is 0 Å². The van der Waals surface area contributed by atoms with Crippen LogP contribution in [0.3, 0.4) is 0 Å². The molecule has 4 aliphatic carbocycles. The maximum atomic E-state index is 15.2. The lowest BCUT2D eigenvalue weighted by Gasteiger charge is -2.69. The molecule has 9 aliphatic heterocycles. The van der Waals surface area contributed by atoms with Crippen LogP contribution in [0.2, 0.25) is 0 Å². The van der Waals surface area contributed by atoms with Gasteiger partial charge in [-0.3, -0.25) is 9.69 Å². The van der Waals surface area contributed by atoms with Crippen molar-refractivity contribution in [2.24, 2.45) is 52.1 Å². The number of piperidine rings is 2. The highest BCUT2D eigenvalue weighted by atomic mass is 16.6. The predicted molar refractivity (Wildman–Crippen MR) is 217 cm³/mol. The second-order valence-electron chi connectivity index (χ2n) is 20.4. The number of fused-ring (bicyclic) bond motifs is 2. The number of ether oxygens (including phenoxy) is 2. The summed E-state index contributed by atoms with van der Waals surface area (Å²) in [5.74, 6) is 3.50. The van der Waals surface area contributed by atoms with Crippen LogP contribution in [0.5, 0.6) is 0 Å². The molecular formula is C49H65N3O4. The summed E-state index contributed by atoms with van der Waals surface area (Å²) in [5, 5.41) is 0. The Morgan fingerprint density at radius 3 is 2.73 bits per heavy atom. The SMILES string of the molecule is CCC[C@@H]1[C@@]2(OC(=O)c3c(CCCN)cccc32)[C@@]23CCC4=C[C@@]12C(=O)O/C3=C\C[C@@H](CC1CCCCC1)N1C[C@H]2C[C@@H](C1)[C@H]1CCC3=C([C@H]4C[C@@H](C)C3)N1C2. The van der Waals surface area contributed by atoms with Gasteiger partial charge in [-0.1, -0.05) is 87.8 Å². The number of aryl methyl sites for hydroxylation is 1. The van der Waals surface area contributed by atoms with Crippen molar-refractivity contribution in [2.75, 3.05) is 26.2 Å². The fraction of sp³-hybridized carbons (Fsp3) is 0.714. The minimum atomic E-state index is -0.928. The van der Waals surface area contributed by atoms with E-state index in [1.54, 1.807) is 11.3 Å². The summed E-state index contributed by atoms with van der Waals surface area (Å²) in [6, 6.07) is 7.44. The third kappa shape index (κ3) is 4.76. The van der Waals surface area contributed by atoms with Gasteiger partial charge in [0.1, 0.15) is 11.2 Å². The Kier molecular flexibility index (Phi) is 8.60. The highest BCUT2D eigenvalue weighted by Gasteiger charge is 2.91. The number of allylic oxidation sites excluding steroid dienone is 2. The first-order chi connectivity index (χ1) is 27.3. The molecule has 1 aromatic rings. The number of carbonyl (C=O) groups is 2. The molecule has 2 N–H and O–H groups in total. The summed E-state index contributed by atoms with van der Waals surface area (Å²) < 4.78 is 13.9. The van der Waals surface area contributed by atoms with Crippen LogP contribution in [-0.2, 0) is 26.3 Å². The van der Waals surface area contributed by atoms with Gasteiger partial charge in [0.15, 0.2) is 5.60 Å². The molecule has 5 fully saturated rings. The van der Waals surface area contributed by atoms with E-state index in [1.165, 1.54) is 89.4 Å². The van der Waals surface area contributed by atoms with E-state index in [4.69, 9.17) is 15.2 Å². The molecular weight excluding hydrogens is 695 g/mol. The summed E-state index contributed by atoms with van der Waals surface area (Å²) >= 11 is 0. The van der Waals surface area contributed by atoms with Gasteiger partial charge in [-0.2, -0.15) is 0 Å². The van der Waals surface area contributed by atoms with E-state index in [2.05, 4.69) is 54.0 Å². The van der Waals surface area contributed by atoms with Crippen LogP contribution in [0, 0.1) is 46.3 Å². The molecule has 1 aromatic carbocycles. The van der Waals surface area contributed by atoms with Crippen molar-refractivity contribution in [2.45, 2.75) is 147 Å². The molecule has 2 saturated carbocycles. The molecule has 7 nitrogen and oxygen atoms in total. The topological polar surface area (TPSA) is 85.1 Å². The number of rotatable bonds is 7. The van der Waals surface area contributed by atoms with Gasteiger partial charge in [0.25, 0.3) is 0 Å². The minimum Gasteiger partial charge on any atom is -0.449 e. The van der Waals surface area contributed by atoms with Crippen molar-refractivity contribution >= 4 is 11.9 Å². The van der Waals surface area contributed by atoms with E-state index in [-0.39, 0.29) is 17.9 Å². The van der Waals surface area contributed by atoms with Crippen LogP contribution in [0.25, 0.3) is 0 Å². The molecule has 3 saturated heterocycles. The van der Waals surface area contributed by atoms with Crippen molar-refractivity contribution in [1.82, 2.24) is 9.80 Å². The Bertz CT molecular complexity index is 1910. The third-order valence-corrected chi connectivity index (χ3v) is 17.6. The first-order valence-electron chi connectivity index (χ1n) is 23.3. The number of hydrogen-bond acceptors (Lipinski definition) is 7. The number of benzene rings is 1. The van der Waals surface area contributed by atoms with E-state index in [0.717, 1.165) is 85.7 Å². The zero-order valence-electron chi connectivity index (χ0n) is 34.2. The van der Waals surface area contributed by atoms with Crippen LogP contribution in [-0.4, -0.2) is 60.0 Å². The molecule has 1 unspecified atom stereocenters. The molecule has 2 spiro atoms. The predicted octanol–water partition coefficient (Wildman–Crippen LogP) is 8.97. The van der Waals surface area contributed by atoms with Crippen molar-refractivity contribution in [3.8, 4) is 0 Å². The zero-order chi connectivity index (χ0) is 38.0. The lowest BCUT2D eigenvalue weighted by Crippen LogP contribution is -2.75. The number of esters is 2. The van der Waals surface area contributed by atoms with Crippen LogP contribution in [0.1, 0.15) is 144 Å². The highest BCUT2D eigenvalue weighted by molar-refractivity contribution is 5.99. The molecule has 13 aliphatic rings. The van der Waals surface area contributed by atoms with Gasteiger partial charge in [0.05, 0.1) is 11.0 Å². The quantitative estimate of drug-likeness (QED) is 0.220. The monoisotopic (exact) mass is 759 g/mol. The Labute approximate surface area is 334 Å². The Hall–Kier alpha value is -2.90. The number of nitrogens with two attached hydrogens (primary N) is 1. The Morgan fingerprint density at radius 2 is 1.89 bits per heavy atom. The van der Waals surface area contributed by atoms with Crippen LogP contribution >= 0.6 is 0 Å². The summed E-state index contributed by atoms with van der Waals surface area (Å²) in [4.78, 5) is 35.6. The molecule has 7 heteroatoms. The minimum absolute atomic E-state index is 0.0913. The molecule has 10 bridgehead atoms. The normalized spacial score (nSPS) is 43.0. The van der Waals surface area contributed by atoms with Crippen molar-refractivity contribution in [3.05, 3.63) is 69.6 Å². The molecule has 56 heavy (non-hydrogen) atoms. The summed E-state index contributed by atoms with van der Waals surface area (Å²) in [7, 11) is 0. The van der Waals surface area contributed by atoms with Crippen LogP contribution < -0.4 is 5.73 Å². The first kappa shape index (κ1) is 36.2. The van der Waals surface area contributed by atoms with Gasteiger partial charge in [0, 0.05) is 54.8 Å². The standard InChI is InChI=1S/C49H65N3O4/c1-3-9-41-47-26-35-19-20-48(47,49(41)39-14-7-12-33(13-8-21-50)43(39)45(53)56-49)42(55-46(47)54)18-16-37(25-31-10-5-4-6-11-31)51-27-32-24-36(29-51)40-17-15-34-22-30(2)23-38(35)44(34)52(40)28-32/h7,12,14,18,26,30-32,36-38,40-41H,3-6,8-11,13,15-17,19-25,27-29,50H2,1-2H3/b42-18-/t30-,32+,36-,37-,38-,40+,41-,47-,48+,49+/m0/s1. The zero-order valence-corrected chi connectivity index (χ0v) is 34.2. The first-order valence-corrected chi connectivity index (χ1v) is 23.3. The molecule has 0 radical (unpaired) electrons. The van der Waals surface area contributed by atoms with Crippen molar-refractivity contribution in [1.29, 1.82) is 0 Å². The second kappa shape index (κ2) is 13.3. The maximum Gasteiger partial charge on any atom is 0.339 e. The van der Waals surface area contributed by atoms with Crippen molar-refractivity contribution < 1.29 is 19.1 Å². The average molecular weight is 760 g/mol. The average Bonchev–Trinajstić information content (AvgIpc) is 3.65. The highest BCUT2D eigenvalue weighted by Crippen LogP contribution is 2.84. The van der Waals surface area contributed by atoms with Crippen molar-refractivity contribution in [3.63, 3.8) is 0 Å². The smallest absolute Gasteiger partial charge is 0.339 e. The molecule has 9 heterocycles. The van der Waals surface area contributed by atoms with Gasteiger partial charge in [0.2, 0.25) is 0 Å². The third-order valence-electron chi connectivity index (χ3n) is 17.6. The fourth-order valence-electron chi connectivity index (χ4n) is 15.7. The molecule has 0 amide bonds. The lowest BCUT2D eigenvalue weighted by molar-refractivity contribution is -0.271. The largest absolute Gasteiger partial charge is 0.449 e. The molecule has 300 valence electrons. The summed E-state index contributed by atoms with van der Waals surface area (Å²) in [6.07, 6.45) is 25.0. The van der Waals surface area contributed by atoms with E-state index in [9.17, 15) is 4.79 Å². The molecule has 11 atom stereocenters. The van der Waals surface area contributed by atoms with E-state index < -0.39 is 16.4 Å². The number of hydrogen-bond donors (Lipinski definition) is 1. The van der Waals surface area contributed by atoms with Gasteiger partial charge in [-0.05, 0) is 119 Å². The summed E-state index contributed by atoms with van der Waals surface area (Å²) in [6.45, 7) is 8.84. The van der Waals surface area contributed by atoms with Crippen LogP contribution in [0.4, 0.5) is 0 Å². The van der Waals surface area contributed by atoms with E-state index >= 15 is 4.79 Å². The van der Waals surface area contributed by atoms with Gasteiger partial charge in [-0.25, -0.2) is 4.79 Å². The maximum absolute atomic E-state index is 15.2. The Balaban J connectivity index is 1.12. The van der Waals surface area contributed by atoms with Gasteiger partial charge >= 0.3 is 11.9 Å². The summed E-state index contributed by atoms with van der Waals surface area (Å²) in [5.41, 5.74) is 11.1. The number of carbonyl (C=O) groups excluding carboxylic acids is 2.